The number of amides is 1. The molecule has 1 aliphatic carbocycles. The van der Waals surface area contributed by atoms with Crippen molar-refractivity contribution in [1.29, 1.82) is 0 Å². The van der Waals surface area contributed by atoms with Gasteiger partial charge in [-0.1, -0.05) is 23.3 Å². The van der Waals surface area contributed by atoms with Crippen LogP contribution >= 0.6 is 11.6 Å². The minimum atomic E-state index is -0.514. The summed E-state index contributed by atoms with van der Waals surface area (Å²) in [6.45, 7) is 4.36. The summed E-state index contributed by atoms with van der Waals surface area (Å²) in [6, 6.07) is 5.40. The molecule has 0 bridgehead atoms. The average molecular weight is 322 g/mol. The SMILES string of the molecule is Cc1cc(Cl)ccc1O[C@H](C)C(=O)NCCC1=CCCCC1. The van der Waals surface area contributed by atoms with Gasteiger partial charge in [-0.3, -0.25) is 4.79 Å². The van der Waals surface area contributed by atoms with Gasteiger partial charge in [0.2, 0.25) is 0 Å². The van der Waals surface area contributed by atoms with E-state index in [0.717, 1.165) is 12.0 Å². The highest BCUT2D eigenvalue weighted by atomic mass is 35.5. The van der Waals surface area contributed by atoms with Crippen LogP contribution in [-0.2, 0) is 4.79 Å². The molecule has 0 aromatic heterocycles. The molecule has 1 amide bonds. The molecular weight excluding hydrogens is 298 g/mol. The number of hydrogen-bond donors (Lipinski definition) is 1. The molecule has 0 aliphatic heterocycles. The molecule has 120 valence electrons. The Morgan fingerprint density at radius 2 is 2.23 bits per heavy atom. The Kier molecular flexibility index (Phi) is 6.32. The van der Waals surface area contributed by atoms with Crippen LogP contribution in [0.5, 0.6) is 5.75 Å². The lowest BCUT2D eigenvalue weighted by Crippen LogP contribution is -2.37. The third-order valence-corrected chi connectivity index (χ3v) is 4.18. The summed E-state index contributed by atoms with van der Waals surface area (Å²) in [4.78, 5) is 12.1. The van der Waals surface area contributed by atoms with Crippen molar-refractivity contribution in [2.75, 3.05) is 6.54 Å². The standard InChI is InChI=1S/C18H24ClNO2/c1-13-12-16(19)8-9-17(13)22-14(2)18(21)20-11-10-15-6-4-3-5-7-15/h6,8-9,12,14H,3-5,7,10-11H2,1-2H3,(H,20,21)/t14-/m1/s1. The van der Waals surface area contributed by atoms with E-state index in [1.54, 1.807) is 19.1 Å². The summed E-state index contributed by atoms with van der Waals surface area (Å²) < 4.78 is 5.72. The molecule has 0 spiro atoms. The van der Waals surface area contributed by atoms with Gasteiger partial charge in [0, 0.05) is 11.6 Å². The molecule has 22 heavy (non-hydrogen) atoms. The monoisotopic (exact) mass is 321 g/mol. The van der Waals surface area contributed by atoms with Crippen LogP contribution < -0.4 is 10.1 Å². The predicted molar refractivity (Wildman–Crippen MR) is 90.5 cm³/mol. The molecule has 1 aliphatic rings. The second-order valence-corrected chi connectivity index (χ2v) is 6.26. The lowest BCUT2D eigenvalue weighted by molar-refractivity contribution is -0.127. The average Bonchev–Trinajstić information content (AvgIpc) is 2.51. The topological polar surface area (TPSA) is 38.3 Å². The third-order valence-electron chi connectivity index (χ3n) is 3.94. The number of halogens is 1. The maximum absolute atomic E-state index is 12.1. The van der Waals surface area contributed by atoms with Gasteiger partial charge in [0.05, 0.1) is 0 Å². The summed E-state index contributed by atoms with van der Waals surface area (Å²) >= 11 is 5.92. The zero-order valence-corrected chi connectivity index (χ0v) is 14.1. The van der Waals surface area contributed by atoms with E-state index in [4.69, 9.17) is 16.3 Å². The fraction of sp³-hybridized carbons (Fsp3) is 0.500. The maximum atomic E-state index is 12.1. The van der Waals surface area contributed by atoms with Crippen molar-refractivity contribution in [1.82, 2.24) is 5.32 Å². The van der Waals surface area contributed by atoms with E-state index >= 15 is 0 Å². The van der Waals surface area contributed by atoms with E-state index in [2.05, 4.69) is 11.4 Å². The van der Waals surface area contributed by atoms with Gasteiger partial charge in [0.15, 0.2) is 6.10 Å². The van der Waals surface area contributed by atoms with Gasteiger partial charge < -0.3 is 10.1 Å². The highest BCUT2D eigenvalue weighted by Gasteiger charge is 2.15. The number of nitrogens with one attached hydrogen (secondary N) is 1. The van der Waals surface area contributed by atoms with Gasteiger partial charge in [-0.15, -0.1) is 0 Å². The molecule has 0 heterocycles. The highest BCUT2D eigenvalue weighted by Crippen LogP contribution is 2.23. The van der Waals surface area contributed by atoms with E-state index in [0.29, 0.717) is 17.3 Å². The first-order valence-corrected chi connectivity index (χ1v) is 8.32. The smallest absolute Gasteiger partial charge is 0.260 e. The molecule has 0 saturated carbocycles. The predicted octanol–water partition coefficient (Wildman–Crippen LogP) is 4.42. The Balaban J connectivity index is 1.78. The van der Waals surface area contributed by atoms with Crippen molar-refractivity contribution in [3.05, 3.63) is 40.4 Å². The van der Waals surface area contributed by atoms with E-state index in [1.807, 2.05) is 13.0 Å². The van der Waals surface area contributed by atoms with Crippen molar-refractivity contribution in [3.8, 4) is 5.75 Å². The van der Waals surface area contributed by atoms with Crippen LogP contribution in [0.25, 0.3) is 0 Å². The quantitative estimate of drug-likeness (QED) is 0.787. The Hall–Kier alpha value is -1.48. The highest BCUT2D eigenvalue weighted by molar-refractivity contribution is 6.30. The van der Waals surface area contributed by atoms with Crippen LogP contribution in [0.1, 0.15) is 44.6 Å². The molecule has 0 radical (unpaired) electrons. The minimum absolute atomic E-state index is 0.0780. The Morgan fingerprint density at radius 3 is 2.91 bits per heavy atom. The zero-order chi connectivity index (χ0) is 15.9. The molecular formula is C18H24ClNO2. The van der Waals surface area contributed by atoms with E-state index in [9.17, 15) is 4.79 Å². The molecule has 1 N–H and O–H groups in total. The van der Waals surface area contributed by atoms with Crippen LogP contribution in [0.15, 0.2) is 29.8 Å². The first-order chi connectivity index (χ1) is 10.6. The first-order valence-electron chi connectivity index (χ1n) is 7.94. The van der Waals surface area contributed by atoms with E-state index in [1.165, 1.54) is 31.3 Å². The lowest BCUT2D eigenvalue weighted by atomic mass is 9.97. The van der Waals surface area contributed by atoms with Crippen LogP contribution in [0.3, 0.4) is 0 Å². The second-order valence-electron chi connectivity index (χ2n) is 5.82. The molecule has 0 fully saturated rings. The summed E-state index contributed by atoms with van der Waals surface area (Å²) in [7, 11) is 0. The number of carbonyl (C=O) groups excluding carboxylic acids is 1. The molecule has 4 heteroatoms. The molecule has 2 rings (SSSR count). The number of carbonyl (C=O) groups is 1. The molecule has 3 nitrogen and oxygen atoms in total. The van der Waals surface area contributed by atoms with Crippen LogP contribution in [0.2, 0.25) is 5.02 Å². The Bertz CT molecular complexity index is 554. The van der Waals surface area contributed by atoms with Crippen molar-refractivity contribution < 1.29 is 9.53 Å². The van der Waals surface area contributed by atoms with Gasteiger partial charge in [-0.2, -0.15) is 0 Å². The van der Waals surface area contributed by atoms with Crippen molar-refractivity contribution in [3.63, 3.8) is 0 Å². The van der Waals surface area contributed by atoms with Gasteiger partial charge in [0.25, 0.3) is 5.91 Å². The number of aryl methyl sites for hydroxylation is 1. The molecule has 0 unspecified atom stereocenters. The summed E-state index contributed by atoms with van der Waals surface area (Å²) in [6.07, 6.45) is 7.66. The van der Waals surface area contributed by atoms with Gasteiger partial charge in [-0.25, -0.2) is 0 Å². The van der Waals surface area contributed by atoms with Gasteiger partial charge in [-0.05, 0) is 69.7 Å². The summed E-state index contributed by atoms with van der Waals surface area (Å²) in [5, 5.41) is 3.62. The molecule has 1 aromatic rings. The summed E-state index contributed by atoms with van der Waals surface area (Å²) in [5.41, 5.74) is 2.40. The van der Waals surface area contributed by atoms with Crippen LogP contribution in [-0.4, -0.2) is 18.6 Å². The molecule has 0 saturated heterocycles. The van der Waals surface area contributed by atoms with Crippen LogP contribution in [0.4, 0.5) is 0 Å². The van der Waals surface area contributed by atoms with Gasteiger partial charge in [0.1, 0.15) is 5.75 Å². The molecule has 1 atom stereocenters. The number of benzene rings is 1. The number of rotatable bonds is 6. The maximum Gasteiger partial charge on any atom is 0.260 e. The fourth-order valence-electron chi connectivity index (χ4n) is 2.61. The van der Waals surface area contributed by atoms with Gasteiger partial charge >= 0.3 is 0 Å². The Labute approximate surface area is 137 Å². The van der Waals surface area contributed by atoms with E-state index < -0.39 is 6.10 Å². The second kappa shape index (κ2) is 8.23. The third kappa shape index (κ3) is 5.06. The molecule has 1 aromatic carbocycles. The van der Waals surface area contributed by atoms with Crippen molar-refractivity contribution in [2.24, 2.45) is 0 Å². The van der Waals surface area contributed by atoms with E-state index in [-0.39, 0.29) is 5.91 Å². The fourth-order valence-corrected chi connectivity index (χ4v) is 2.84. The minimum Gasteiger partial charge on any atom is -0.481 e. The largest absolute Gasteiger partial charge is 0.481 e. The summed E-state index contributed by atoms with van der Waals surface area (Å²) in [5.74, 6) is 0.618. The van der Waals surface area contributed by atoms with Crippen LogP contribution in [0, 0.1) is 6.92 Å². The zero-order valence-electron chi connectivity index (χ0n) is 13.3. The lowest BCUT2D eigenvalue weighted by Gasteiger charge is -2.17. The Morgan fingerprint density at radius 1 is 1.41 bits per heavy atom. The first kappa shape index (κ1) is 16.9. The van der Waals surface area contributed by atoms with Crippen molar-refractivity contribution >= 4 is 17.5 Å². The van der Waals surface area contributed by atoms with Crippen molar-refractivity contribution in [2.45, 2.75) is 52.1 Å². The number of ether oxygens (including phenoxy) is 1. The number of hydrogen-bond acceptors (Lipinski definition) is 2. The number of allylic oxidation sites excluding steroid dienone is 1. The normalized spacial score (nSPS) is 15.9.